The molecular weight excluding hydrogens is 488 g/mol. The molecule has 7 aromatic carbocycles. The SMILES string of the molecule is [2H]c1cc2c(-c3c4cc([2H])c([2H])c([2H])c4c(-c4cc5cc6c(cc5o4)oc4ccccc46)c4c([2H])c([2H])c([2H])c([2H])c34)c([2H])c([2H])c([2H])c2c([2H])c1[2H]. The summed E-state index contributed by atoms with van der Waals surface area (Å²) >= 11 is 0. The number of fused-ring (bicyclic) bond motifs is 7. The van der Waals surface area contributed by atoms with Crippen molar-refractivity contribution in [2.75, 3.05) is 0 Å². The normalized spacial score (nSPS) is 16.6. The van der Waals surface area contributed by atoms with Crippen molar-refractivity contribution in [1.82, 2.24) is 0 Å². The number of benzene rings is 7. The van der Waals surface area contributed by atoms with E-state index in [2.05, 4.69) is 0 Å². The number of hydrogen-bond donors (Lipinski definition) is 0. The van der Waals surface area contributed by atoms with Crippen LogP contribution in [-0.4, -0.2) is 0 Å². The standard InChI is InChI=1S/C38H22O2/c1-2-12-25-23(10-1)11-9-18-27(25)37-28-14-3-5-16-30(28)38(31-17-6-4-15-29(31)37)36-21-24-20-32-26-13-7-8-19-33(26)39-35(32)22-34(24)40-36/h1-22H/i1D,2D,3D,4D,5D,6D,9D,10D,11D,14D,16D,17D,18D. The zero-order valence-corrected chi connectivity index (χ0v) is 20.5. The molecule has 40 heavy (non-hydrogen) atoms. The van der Waals surface area contributed by atoms with Gasteiger partial charge in [-0.1, -0.05) is 109 Å². The topological polar surface area (TPSA) is 26.3 Å². The fraction of sp³-hybridized carbons (Fsp3) is 0. The van der Waals surface area contributed by atoms with Crippen LogP contribution in [0.3, 0.4) is 0 Å². The van der Waals surface area contributed by atoms with E-state index < -0.39 is 78.6 Å². The summed E-state index contributed by atoms with van der Waals surface area (Å²) in [4.78, 5) is 0. The van der Waals surface area contributed by atoms with Crippen LogP contribution < -0.4 is 0 Å². The van der Waals surface area contributed by atoms with E-state index in [1.807, 2.05) is 30.3 Å². The van der Waals surface area contributed by atoms with Crippen molar-refractivity contribution in [1.29, 1.82) is 0 Å². The molecule has 0 unspecified atom stereocenters. The van der Waals surface area contributed by atoms with Gasteiger partial charge < -0.3 is 8.83 Å². The van der Waals surface area contributed by atoms with Crippen LogP contribution >= 0.6 is 0 Å². The Morgan fingerprint density at radius 1 is 0.425 bits per heavy atom. The first kappa shape index (κ1) is 12.7. The van der Waals surface area contributed by atoms with Gasteiger partial charge in [-0.3, -0.25) is 0 Å². The lowest BCUT2D eigenvalue weighted by molar-refractivity contribution is 0.629. The maximum atomic E-state index is 9.24. The van der Waals surface area contributed by atoms with Crippen LogP contribution in [0.2, 0.25) is 0 Å². The Hall–Kier alpha value is -5.34. The molecule has 0 aliphatic heterocycles. The molecule has 0 aliphatic rings. The maximum Gasteiger partial charge on any atom is 0.139 e. The first-order chi connectivity index (χ1) is 25.2. The van der Waals surface area contributed by atoms with Gasteiger partial charge in [-0.05, 0) is 61.6 Å². The van der Waals surface area contributed by atoms with Gasteiger partial charge in [0.25, 0.3) is 0 Å². The number of para-hydroxylation sites is 1. The summed E-state index contributed by atoms with van der Waals surface area (Å²) < 4.78 is 127. The number of furan rings is 2. The molecule has 0 N–H and O–H groups in total. The fourth-order valence-electron chi connectivity index (χ4n) is 5.64. The van der Waals surface area contributed by atoms with E-state index in [9.17, 15) is 4.11 Å². The highest BCUT2D eigenvalue weighted by Gasteiger charge is 2.20. The second kappa shape index (κ2) is 8.08. The molecule has 0 saturated carbocycles. The Labute approximate surface area is 247 Å². The third-order valence-corrected chi connectivity index (χ3v) is 7.35. The summed E-state index contributed by atoms with van der Waals surface area (Å²) in [5, 5.41) is 1.72. The largest absolute Gasteiger partial charge is 0.456 e. The van der Waals surface area contributed by atoms with Gasteiger partial charge in [-0.2, -0.15) is 0 Å². The Bertz CT molecular complexity index is 3150. The molecule has 0 atom stereocenters. The van der Waals surface area contributed by atoms with Gasteiger partial charge in [0.05, 0.1) is 17.8 Å². The Morgan fingerprint density at radius 3 is 2.05 bits per heavy atom. The molecule has 9 rings (SSSR count). The van der Waals surface area contributed by atoms with Crippen LogP contribution in [0.15, 0.2) is 142 Å². The Balaban J connectivity index is 1.54. The zero-order valence-electron chi connectivity index (χ0n) is 33.5. The summed E-state index contributed by atoms with van der Waals surface area (Å²) in [6.07, 6.45) is 0. The van der Waals surface area contributed by atoms with Gasteiger partial charge in [0.1, 0.15) is 22.5 Å². The minimum atomic E-state index is -0.632. The van der Waals surface area contributed by atoms with E-state index in [0.29, 0.717) is 22.1 Å². The van der Waals surface area contributed by atoms with Gasteiger partial charge in [0.2, 0.25) is 0 Å². The summed E-state index contributed by atoms with van der Waals surface area (Å²) in [6, 6.07) is 8.35. The molecule has 0 aliphatic carbocycles. The van der Waals surface area contributed by atoms with Crippen LogP contribution in [0, 0.1) is 0 Å². The van der Waals surface area contributed by atoms with E-state index in [1.165, 1.54) is 12.1 Å². The highest BCUT2D eigenvalue weighted by atomic mass is 16.3. The summed E-state index contributed by atoms with van der Waals surface area (Å²) in [6.45, 7) is 0. The van der Waals surface area contributed by atoms with Crippen molar-refractivity contribution in [3.05, 3.63) is 133 Å². The third kappa shape index (κ3) is 2.99. The highest BCUT2D eigenvalue weighted by Crippen LogP contribution is 2.46. The van der Waals surface area contributed by atoms with Gasteiger partial charge in [-0.15, -0.1) is 0 Å². The average molecular weight is 524 g/mol. The van der Waals surface area contributed by atoms with Crippen LogP contribution in [0.5, 0.6) is 0 Å². The van der Waals surface area contributed by atoms with Gasteiger partial charge in [0, 0.05) is 27.8 Å². The first-order valence-electron chi connectivity index (χ1n) is 19.0. The summed E-state index contributed by atoms with van der Waals surface area (Å²) in [7, 11) is 0. The first-order valence-corrected chi connectivity index (χ1v) is 12.5. The molecule has 0 fully saturated rings. The molecule has 0 bridgehead atoms. The smallest absolute Gasteiger partial charge is 0.139 e. The maximum absolute atomic E-state index is 9.24. The lowest BCUT2D eigenvalue weighted by Gasteiger charge is -2.17. The van der Waals surface area contributed by atoms with Gasteiger partial charge in [0.15, 0.2) is 0 Å². The predicted molar refractivity (Wildman–Crippen MR) is 167 cm³/mol. The number of hydrogen-bond acceptors (Lipinski definition) is 2. The van der Waals surface area contributed by atoms with Crippen molar-refractivity contribution < 1.29 is 26.7 Å². The van der Waals surface area contributed by atoms with Crippen LogP contribution in [-0.2, 0) is 0 Å². The Kier molecular flexibility index (Phi) is 2.56. The van der Waals surface area contributed by atoms with E-state index in [-0.39, 0.29) is 54.8 Å². The lowest BCUT2D eigenvalue weighted by atomic mass is 9.86. The third-order valence-electron chi connectivity index (χ3n) is 7.35. The Morgan fingerprint density at radius 2 is 1.15 bits per heavy atom. The summed E-state index contributed by atoms with van der Waals surface area (Å²) in [5.41, 5.74) is 1.34. The van der Waals surface area contributed by atoms with E-state index in [0.717, 1.165) is 10.8 Å². The van der Waals surface area contributed by atoms with Crippen LogP contribution in [0.4, 0.5) is 0 Å². The minimum Gasteiger partial charge on any atom is -0.456 e. The predicted octanol–water partition coefficient (Wildman–Crippen LogP) is 11.1. The molecule has 2 nitrogen and oxygen atoms in total. The van der Waals surface area contributed by atoms with Crippen LogP contribution in [0.1, 0.15) is 17.8 Å². The second-order valence-corrected chi connectivity index (χ2v) is 9.50. The van der Waals surface area contributed by atoms with Crippen molar-refractivity contribution in [2.45, 2.75) is 0 Å². The van der Waals surface area contributed by atoms with E-state index >= 15 is 0 Å². The zero-order chi connectivity index (χ0) is 37.5. The second-order valence-electron chi connectivity index (χ2n) is 9.50. The molecule has 2 heterocycles. The van der Waals surface area contributed by atoms with Crippen molar-refractivity contribution in [3.8, 4) is 22.5 Å². The molecule has 0 saturated heterocycles. The molecule has 0 amide bonds. The average Bonchev–Trinajstić information content (AvgIpc) is 3.72. The molecule has 2 aromatic heterocycles. The molecule has 2 heteroatoms. The monoisotopic (exact) mass is 523 g/mol. The minimum absolute atomic E-state index is 0.0173. The quantitative estimate of drug-likeness (QED) is 0.211. The van der Waals surface area contributed by atoms with Crippen molar-refractivity contribution in [2.24, 2.45) is 0 Å². The molecule has 0 spiro atoms. The molecule has 9 aromatic rings. The highest BCUT2D eigenvalue weighted by molar-refractivity contribution is 6.23. The number of rotatable bonds is 2. The van der Waals surface area contributed by atoms with Crippen molar-refractivity contribution >= 4 is 65.2 Å². The van der Waals surface area contributed by atoms with Crippen molar-refractivity contribution in [3.63, 3.8) is 0 Å². The molecule has 186 valence electrons. The van der Waals surface area contributed by atoms with Gasteiger partial charge >= 0.3 is 0 Å². The molecule has 0 radical (unpaired) electrons. The van der Waals surface area contributed by atoms with Gasteiger partial charge in [-0.25, -0.2) is 0 Å². The van der Waals surface area contributed by atoms with E-state index in [4.69, 9.17) is 22.5 Å². The van der Waals surface area contributed by atoms with Crippen LogP contribution in [0.25, 0.3) is 87.7 Å². The summed E-state index contributed by atoms with van der Waals surface area (Å²) in [5.74, 6) is 0.0912. The van der Waals surface area contributed by atoms with E-state index in [1.54, 1.807) is 12.1 Å². The molecular formula is C38H22O2. The fourth-order valence-corrected chi connectivity index (χ4v) is 5.64. The lowest BCUT2D eigenvalue weighted by Crippen LogP contribution is -1.90.